The fraction of sp³-hybridized carbons (Fsp3) is 0.588. The van der Waals surface area contributed by atoms with E-state index in [1.165, 1.54) is 0 Å². The first kappa shape index (κ1) is 20.8. The van der Waals surface area contributed by atoms with Gasteiger partial charge in [-0.25, -0.2) is 9.18 Å². The lowest BCUT2D eigenvalue weighted by molar-refractivity contribution is -0.139. The lowest BCUT2D eigenvalue weighted by Gasteiger charge is -2.38. The SMILES string of the molecule is CC1CC(NC2CCNC2)NC(NC(=O)Nc2ccc(F)c(C(F)(F)F)c2)N1. The van der Waals surface area contributed by atoms with E-state index in [-0.39, 0.29) is 17.9 Å². The van der Waals surface area contributed by atoms with Gasteiger partial charge < -0.3 is 16.0 Å². The van der Waals surface area contributed by atoms with Crippen molar-refractivity contribution in [2.45, 2.75) is 50.5 Å². The molecule has 2 amide bonds. The fourth-order valence-corrected chi connectivity index (χ4v) is 3.42. The number of hydrogen-bond donors (Lipinski definition) is 6. The third-order valence-electron chi connectivity index (χ3n) is 4.71. The smallest absolute Gasteiger partial charge is 0.315 e. The molecular formula is C17H24F4N6O. The molecule has 2 aliphatic heterocycles. The van der Waals surface area contributed by atoms with E-state index < -0.39 is 29.9 Å². The number of nitrogens with one attached hydrogen (secondary N) is 6. The highest BCUT2D eigenvalue weighted by Crippen LogP contribution is 2.32. The Morgan fingerprint density at radius 1 is 1.25 bits per heavy atom. The molecule has 1 aromatic rings. The summed E-state index contributed by atoms with van der Waals surface area (Å²) in [6, 6.07) is 2.06. The number of anilines is 1. The average molecular weight is 404 g/mol. The van der Waals surface area contributed by atoms with Crippen molar-refractivity contribution < 1.29 is 22.4 Å². The topological polar surface area (TPSA) is 89.2 Å². The molecule has 2 aliphatic rings. The minimum absolute atomic E-state index is 0.0193. The zero-order valence-corrected chi connectivity index (χ0v) is 15.3. The Kier molecular flexibility index (Phi) is 6.38. The van der Waals surface area contributed by atoms with Crippen molar-refractivity contribution in [2.75, 3.05) is 18.4 Å². The molecule has 0 spiro atoms. The van der Waals surface area contributed by atoms with Gasteiger partial charge in [-0.2, -0.15) is 13.2 Å². The maximum atomic E-state index is 13.3. The molecule has 2 saturated heterocycles. The molecule has 0 aliphatic carbocycles. The number of amides is 2. The molecule has 0 radical (unpaired) electrons. The van der Waals surface area contributed by atoms with E-state index in [9.17, 15) is 22.4 Å². The van der Waals surface area contributed by atoms with Gasteiger partial charge in [0.1, 0.15) is 12.1 Å². The molecule has 156 valence electrons. The van der Waals surface area contributed by atoms with Crippen molar-refractivity contribution >= 4 is 11.7 Å². The standard InChI is InChI=1S/C17H24F4N6O/c1-9-6-14(24-11-4-5-22-8-11)26-15(23-9)27-16(28)25-10-2-3-13(18)12(7-10)17(19,20)21/h2-3,7,9,11,14-15,22-24,26H,4-6,8H2,1H3,(H2,25,27,28). The van der Waals surface area contributed by atoms with Gasteiger partial charge in [0.25, 0.3) is 0 Å². The van der Waals surface area contributed by atoms with Crippen molar-refractivity contribution in [3.63, 3.8) is 0 Å². The highest BCUT2D eigenvalue weighted by atomic mass is 19.4. The number of rotatable bonds is 4. The second kappa shape index (κ2) is 8.60. The molecule has 11 heteroatoms. The molecule has 0 saturated carbocycles. The summed E-state index contributed by atoms with van der Waals surface area (Å²) >= 11 is 0. The minimum Gasteiger partial charge on any atom is -0.315 e. The lowest BCUT2D eigenvalue weighted by atomic mass is 10.1. The van der Waals surface area contributed by atoms with E-state index >= 15 is 0 Å². The molecule has 1 aromatic carbocycles. The first-order chi connectivity index (χ1) is 13.2. The molecule has 7 nitrogen and oxygen atoms in total. The van der Waals surface area contributed by atoms with E-state index in [1.54, 1.807) is 0 Å². The van der Waals surface area contributed by atoms with Gasteiger partial charge in [0, 0.05) is 24.3 Å². The normalized spacial score (nSPS) is 28.2. The summed E-state index contributed by atoms with van der Waals surface area (Å²) < 4.78 is 51.7. The maximum Gasteiger partial charge on any atom is 0.419 e. The third-order valence-corrected chi connectivity index (χ3v) is 4.71. The monoisotopic (exact) mass is 404 g/mol. The summed E-state index contributed by atoms with van der Waals surface area (Å²) in [6.07, 6.45) is -3.60. The van der Waals surface area contributed by atoms with Crippen LogP contribution in [0.2, 0.25) is 0 Å². The van der Waals surface area contributed by atoms with E-state index in [0.717, 1.165) is 32.0 Å². The molecule has 4 atom stereocenters. The van der Waals surface area contributed by atoms with Crippen molar-refractivity contribution in [3.8, 4) is 0 Å². The predicted molar refractivity (Wildman–Crippen MR) is 95.9 cm³/mol. The van der Waals surface area contributed by atoms with E-state index in [0.29, 0.717) is 18.2 Å². The van der Waals surface area contributed by atoms with Crippen LogP contribution in [0, 0.1) is 5.82 Å². The molecule has 4 unspecified atom stereocenters. The number of benzene rings is 1. The number of halogens is 4. The summed E-state index contributed by atoms with van der Waals surface area (Å²) in [4.78, 5) is 12.2. The van der Waals surface area contributed by atoms with Gasteiger partial charge in [0.05, 0.1) is 11.7 Å². The molecule has 3 rings (SSSR count). The minimum atomic E-state index is -4.84. The summed E-state index contributed by atoms with van der Waals surface area (Å²) in [5, 5.41) is 18.0. The molecule has 6 N–H and O–H groups in total. The van der Waals surface area contributed by atoms with Crippen LogP contribution in [0.1, 0.15) is 25.3 Å². The predicted octanol–water partition coefficient (Wildman–Crippen LogP) is 1.50. The van der Waals surface area contributed by atoms with Gasteiger partial charge in [0.2, 0.25) is 0 Å². The van der Waals surface area contributed by atoms with Gasteiger partial charge in [-0.05, 0) is 44.5 Å². The van der Waals surface area contributed by atoms with Gasteiger partial charge >= 0.3 is 12.2 Å². The van der Waals surface area contributed by atoms with Crippen molar-refractivity contribution in [3.05, 3.63) is 29.6 Å². The second-order valence-corrected chi connectivity index (χ2v) is 7.10. The molecule has 28 heavy (non-hydrogen) atoms. The van der Waals surface area contributed by atoms with E-state index in [2.05, 4.69) is 31.9 Å². The van der Waals surface area contributed by atoms with Crippen molar-refractivity contribution in [1.29, 1.82) is 0 Å². The largest absolute Gasteiger partial charge is 0.419 e. The van der Waals surface area contributed by atoms with E-state index in [4.69, 9.17) is 0 Å². The molecule has 0 aromatic heterocycles. The summed E-state index contributed by atoms with van der Waals surface area (Å²) in [6.45, 7) is 3.81. The van der Waals surface area contributed by atoms with Crippen LogP contribution in [-0.4, -0.2) is 43.7 Å². The quantitative estimate of drug-likeness (QED) is 0.428. The summed E-state index contributed by atoms with van der Waals surface area (Å²) in [5.74, 6) is -1.39. The molecule has 0 bridgehead atoms. The Morgan fingerprint density at radius 2 is 2.04 bits per heavy atom. The second-order valence-electron chi connectivity index (χ2n) is 7.10. The molecule has 2 fully saturated rings. The van der Waals surface area contributed by atoms with Crippen LogP contribution in [0.3, 0.4) is 0 Å². The molecular weight excluding hydrogens is 380 g/mol. The first-order valence-corrected chi connectivity index (χ1v) is 9.14. The first-order valence-electron chi connectivity index (χ1n) is 9.14. The van der Waals surface area contributed by atoms with Crippen LogP contribution in [0.4, 0.5) is 28.0 Å². The van der Waals surface area contributed by atoms with Crippen LogP contribution in [0.25, 0.3) is 0 Å². The number of carbonyl (C=O) groups is 1. The third kappa shape index (κ3) is 5.53. The highest BCUT2D eigenvalue weighted by Gasteiger charge is 2.34. The van der Waals surface area contributed by atoms with Crippen molar-refractivity contribution in [1.82, 2.24) is 26.6 Å². The Hall–Kier alpha value is -1.95. The van der Waals surface area contributed by atoms with Gasteiger partial charge in [-0.15, -0.1) is 0 Å². The number of urea groups is 1. The van der Waals surface area contributed by atoms with Gasteiger partial charge in [-0.1, -0.05) is 0 Å². The Balaban J connectivity index is 1.56. The van der Waals surface area contributed by atoms with Crippen LogP contribution in [-0.2, 0) is 6.18 Å². The Bertz CT molecular complexity index is 695. The van der Waals surface area contributed by atoms with Gasteiger partial charge in [0.15, 0.2) is 0 Å². The average Bonchev–Trinajstić information content (AvgIpc) is 3.08. The number of carbonyl (C=O) groups excluding carboxylic acids is 1. The Labute approximate surface area is 160 Å². The van der Waals surface area contributed by atoms with Crippen LogP contribution >= 0.6 is 0 Å². The zero-order chi connectivity index (χ0) is 20.3. The van der Waals surface area contributed by atoms with Crippen LogP contribution in [0.5, 0.6) is 0 Å². The van der Waals surface area contributed by atoms with E-state index in [1.807, 2.05) is 6.92 Å². The zero-order valence-electron chi connectivity index (χ0n) is 15.3. The van der Waals surface area contributed by atoms with Crippen LogP contribution in [0.15, 0.2) is 18.2 Å². The molecule has 2 heterocycles. The Morgan fingerprint density at radius 3 is 2.71 bits per heavy atom. The summed E-state index contributed by atoms with van der Waals surface area (Å²) in [5.41, 5.74) is -1.58. The lowest BCUT2D eigenvalue weighted by Crippen LogP contribution is -2.68. The number of hydrogen-bond acceptors (Lipinski definition) is 5. The van der Waals surface area contributed by atoms with Gasteiger partial charge in [-0.3, -0.25) is 16.0 Å². The van der Waals surface area contributed by atoms with Crippen molar-refractivity contribution in [2.24, 2.45) is 0 Å². The fourth-order valence-electron chi connectivity index (χ4n) is 3.42. The van der Waals surface area contributed by atoms with Crippen LogP contribution < -0.4 is 31.9 Å². The summed E-state index contributed by atoms with van der Waals surface area (Å²) in [7, 11) is 0. The number of alkyl halides is 3. The maximum absolute atomic E-state index is 13.3. The highest BCUT2D eigenvalue weighted by molar-refractivity contribution is 5.89.